The fourth-order valence-electron chi connectivity index (χ4n) is 3.98. The van der Waals surface area contributed by atoms with Crippen molar-refractivity contribution in [2.75, 3.05) is 0 Å². The van der Waals surface area contributed by atoms with Crippen molar-refractivity contribution in [1.82, 2.24) is 10.3 Å². The Labute approximate surface area is 136 Å². The first-order chi connectivity index (χ1) is 10.6. The fraction of sp³-hybridized carbons (Fsp3) is 0.611. The smallest absolute Gasteiger partial charge is 0.132 e. The molecule has 3 saturated carbocycles. The van der Waals surface area contributed by atoms with Crippen LogP contribution >= 0.6 is 11.6 Å². The quantitative estimate of drug-likeness (QED) is 0.913. The highest BCUT2D eigenvalue weighted by Gasteiger charge is 2.60. The summed E-state index contributed by atoms with van der Waals surface area (Å²) in [5, 5.41) is 5.63. The van der Waals surface area contributed by atoms with E-state index in [2.05, 4.69) is 29.4 Å². The zero-order valence-electron chi connectivity index (χ0n) is 13.0. The van der Waals surface area contributed by atoms with Gasteiger partial charge < -0.3 is 4.90 Å². The number of halogens is 1. The second kappa shape index (κ2) is 4.19. The molecule has 3 aliphatic carbocycles. The Morgan fingerprint density at radius 3 is 2.36 bits per heavy atom. The molecule has 116 valence electrons. The van der Waals surface area contributed by atoms with Crippen molar-refractivity contribution in [2.45, 2.75) is 63.1 Å². The van der Waals surface area contributed by atoms with E-state index in [0.29, 0.717) is 17.6 Å². The zero-order chi connectivity index (χ0) is 14.9. The maximum absolute atomic E-state index is 6.07. The minimum Gasteiger partial charge on any atom is -0.333 e. The molecule has 0 bridgehead atoms. The molecule has 0 saturated heterocycles. The second-order valence-electron chi connectivity index (χ2n) is 7.83. The molecule has 1 aromatic rings. The van der Waals surface area contributed by atoms with Crippen LogP contribution in [-0.4, -0.2) is 22.9 Å². The molecule has 1 heterocycles. The molecule has 22 heavy (non-hydrogen) atoms. The summed E-state index contributed by atoms with van der Waals surface area (Å²) in [6.07, 6.45) is 8.06. The maximum atomic E-state index is 6.07. The first-order valence-corrected chi connectivity index (χ1v) is 8.88. The van der Waals surface area contributed by atoms with Crippen LogP contribution in [0.25, 0.3) is 0 Å². The highest BCUT2D eigenvalue weighted by molar-refractivity contribution is 6.30. The van der Waals surface area contributed by atoms with Gasteiger partial charge in [-0.05, 0) is 56.2 Å². The molecule has 4 aliphatic rings. The van der Waals surface area contributed by atoms with Crippen molar-refractivity contribution < 1.29 is 0 Å². The van der Waals surface area contributed by atoms with Crippen molar-refractivity contribution in [3.05, 3.63) is 34.9 Å². The lowest BCUT2D eigenvalue weighted by Gasteiger charge is -2.35. The van der Waals surface area contributed by atoms with Gasteiger partial charge in [-0.1, -0.05) is 30.7 Å². The monoisotopic (exact) mass is 315 g/mol. The molecule has 0 radical (unpaired) electrons. The van der Waals surface area contributed by atoms with Gasteiger partial charge in [0.25, 0.3) is 0 Å². The van der Waals surface area contributed by atoms with Gasteiger partial charge in [0.15, 0.2) is 0 Å². The Bertz CT molecular complexity index is 639. The largest absolute Gasteiger partial charge is 0.333 e. The van der Waals surface area contributed by atoms with Gasteiger partial charge in [0, 0.05) is 21.9 Å². The summed E-state index contributed by atoms with van der Waals surface area (Å²) in [7, 11) is 0. The van der Waals surface area contributed by atoms with Crippen LogP contribution in [0.1, 0.15) is 51.0 Å². The summed E-state index contributed by atoms with van der Waals surface area (Å²) in [4.78, 5) is 2.65. The number of hydrogen-bond donors (Lipinski definition) is 1. The minimum atomic E-state index is 0.226. The van der Waals surface area contributed by atoms with E-state index in [9.17, 15) is 0 Å². The molecular weight excluding hydrogens is 294 g/mol. The number of hydrazone groups is 1. The molecule has 5 rings (SSSR count). The van der Waals surface area contributed by atoms with Gasteiger partial charge in [0.2, 0.25) is 0 Å². The van der Waals surface area contributed by atoms with Gasteiger partial charge in [0.1, 0.15) is 12.0 Å². The first-order valence-electron chi connectivity index (χ1n) is 8.51. The lowest BCUT2D eigenvalue weighted by Crippen LogP contribution is -2.50. The number of rotatable bonds is 4. The van der Waals surface area contributed by atoms with Crippen molar-refractivity contribution >= 4 is 17.4 Å². The van der Waals surface area contributed by atoms with Gasteiger partial charge in [-0.2, -0.15) is 5.10 Å². The molecule has 3 nitrogen and oxygen atoms in total. The number of hydrogen-bond acceptors (Lipinski definition) is 3. The topological polar surface area (TPSA) is 27.6 Å². The molecule has 1 atom stereocenters. The third-order valence-corrected chi connectivity index (χ3v) is 6.28. The van der Waals surface area contributed by atoms with E-state index in [1.165, 1.54) is 49.9 Å². The highest BCUT2D eigenvalue weighted by atomic mass is 35.5. The predicted molar refractivity (Wildman–Crippen MR) is 88.9 cm³/mol. The molecule has 3 fully saturated rings. The number of benzene rings is 1. The molecule has 1 aromatic carbocycles. The Morgan fingerprint density at radius 1 is 1.14 bits per heavy atom. The normalized spacial score (nSPS) is 30.7. The van der Waals surface area contributed by atoms with Gasteiger partial charge in [-0.15, -0.1) is 0 Å². The van der Waals surface area contributed by atoms with E-state index in [0.717, 1.165) is 5.02 Å². The highest BCUT2D eigenvalue weighted by Crippen LogP contribution is 2.57. The van der Waals surface area contributed by atoms with Crippen molar-refractivity contribution in [3.8, 4) is 0 Å². The molecule has 0 spiro atoms. The number of nitrogens with one attached hydrogen (secondary N) is 1. The lowest BCUT2D eigenvalue weighted by molar-refractivity contribution is 0.229. The number of nitrogens with zero attached hydrogens (tertiary/aromatic N) is 2. The van der Waals surface area contributed by atoms with Crippen LogP contribution in [0, 0.1) is 5.41 Å². The van der Waals surface area contributed by atoms with Crippen LogP contribution in [0.4, 0.5) is 0 Å². The van der Waals surface area contributed by atoms with E-state index in [1.54, 1.807) is 0 Å². The van der Waals surface area contributed by atoms with Crippen molar-refractivity contribution in [1.29, 1.82) is 0 Å². The summed E-state index contributed by atoms with van der Waals surface area (Å²) < 4.78 is 0. The molecule has 1 N–H and O–H groups in total. The number of amidine groups is 1. The van der Waals surface area contributed by atoms with Gasteiger partial charge in [-0.3, -0.25) is 5.43 Å². The Morgan fingerprint density at radius 2 is 1.82 bits per heavy atom. The summed E-state index contributed by atoms with van der Waals surface area (Å²) in [5.41, 5.74) is 5.50. The average molecular weight is 316 g/mol. The van der Waals surface area contributed by atoms with Crippen LogP contribution in [-0.2, 0) is 5.41 Å². The zero-order valence-corrected chi connectivity index (χ0v) is 13.7. The van der Waals surface area contributed by atoms with Crippen LogP contribution in [0.2, 0.25) is 5.02 Å². The summed E-state index contributed by atoms with van der Waals surface area (Å²) >= 11 is 6.07. The summed E-state index contributed by atoms with van der Waals surface area (Å²) in [6, 6.07) is 9.17. The third-order valence-electron chi connectivity index (χ3n) is 6.03. The van der Waals surface area contributed by atoms with Crippen LogP contribution in [0.15, 0.2) is 29.4 Å². The van der Waals surface area contributed by atoms with Crippen LogP contribution in [0.3, 0.4) is 0 Å². The van der Waals surface area contributed by atoms with Gasteiger partial charge >= 0.3 is 0 Å². The maximum Gasteiger partial charge on any atom is 0.132 e. The average Bonchev–Trinajstić information content (AvgIpc) is 3.39. The van der Waals surface area contributed by atoms with E-state index >= 15 is 0 Å². The third kappa shape index (κ3) is 1.84. The molecule has 4 heteroatoms. The Balaban J connectivity index is 1.49. The lowest BCUT2D eigenvalue weighted by atomic mass is 9.91. The Kier molecular flexibility index (Phi) is 2.52. The standard InChI is InChI=1S/C18H22ClN3/c1-17(8-9-17)15-20-21-16(22(15)14-6-7-14)18(10-11-18)12-2-4-13(19)5-3-12/h2-5,14,16,21H,6-11H2,1H3. The molecular formula is C18H22ClN3. The SMILES string of the molecule is CC1(C2=NNC(C3(c4ccc(Cl)cc4)CC3)N2C2CC2)CC1. The van der Waals surface area contributed by atoms with Crippen molar-refractivity contribution in [2.24, 2.45) is 10.5 Å². The summed E-state index contributed by atoms with van der Waals surface area (Å²) in [5.74, 6) is 1.33. The molecule has 1 unspecified atom stereocenters. The van der Waals surface area contributed by atoms with Crippen LogP contribution < -0.4 is 5.43 Å². The van der Waals surface area contributed by atoms with Crippen molar-refractivity contribution in [3.63, 3.8) is 0 Å². The van der Waals surface area contributed by atoms with Crippen LogP contribution in [0.5, 0.6) is 0 Å². The Hall–Kier alpha value is -1.22. The van der Waals surface area contributed by atoms with Gasteiger partial charge in [-0.25, -0.2) is 0 Å². The molecule has 0 amide bonds. The predicted octanol–water partition coefficient (Wildman–Crippen LogP) is 3.88. The first kappa shape index (κ1) is 13.2. The van der Waals surface area contributed by atoms with E-state index in [1.807, 2.05) is 12.1 Å². The van der Waals surface area contributed by atoms with E-state index < -0.39 is 0 Å². The molecule has 1 aliphatic heterocycles. The summed E-state index contributed by atoms with van der Waals surface area (Å²) in [6.45, 7) is 2.37. The van der Waals surface area contributed by atoms with E-state index in [-0.39, 0.29) is 5.41 Å². The van der Waals surface area contributed by atoms with E-state index in [4.69, 9.17) is 16.7 Å². The fourth-order valence-corrected chi connectivity index (χ4v) is 4.11. The second-order valence-corrected chi connectivity index (χ2v) is 8.27. The van der Waals surface area contributed by atoms with Gasteiger partial charge in [0.05, 0.1) is 0 Å². The minimum absolute atomic E-state index is 0.226. The molecule has 0 aromatic heterocycles.